The zero-order valence-corrected chi connectivity index (χ0v) is 22.3. The van der Waals surface area contributed by atoms with E-state index in [4.69, 9.17) is 4.74 Å². The molecule has 3 aliphatic rings. The fraction of sp³-hybridized carbons (Fsp3) is 0.258. The molecule has 0 spiro atoms. The Hall–Kier alpha value is -5.19. The van der Waals surface area contributed by atoms with Crippen molar-refractivity contribution in [1.82, 2.24) is 10.0 Å². The van der Waals surface area contributed by atoms with Crippen LogP contribution in [0.2, 0.25) is 0 Å². The number of fused-ring (bicyclic) bond motifs is 5. The molecule has 11 nitrogen and oxygen atoms in total. The molecule has 212 valence electrons. The molecule has 0 N–H and O–H groups in total. The van der Waals surface area contributed by atoms with E-state index >= 15 is 0 Å². The third-order valence-corrected chi connectivity index (χ3v) is 8.39. The Balaban J connectivity index is 1.25. The van der Waals surface area contributed by atoms with Crippen LogP contribution in [0.4, 0.5) is 5.69 Å². The summed E-state index contributed by atoms with van der Waals surface area (Å²) >= 11 is 0. The summed E-state index contributed by atoms with van der Waals surface area (Å²) in [4.78, 5) is 77.0. The summed E-state index contributed by atoms with van der Waals surface area (Å²) in [7, 11) is 0. The lowest BCUT2D eigenvalue weighted by molar-refractivity contribution is -0.384. The van der Waals surface area contributed by atoms with Gasteiger partial charge in [0.1, 0.15) is 12.3 Å². The first-order valence-corrected chi connectivity index (χ1v) is 13.6. The lowest BCUT2D eigenvalue weighted by Crippen LogP contribution is -2.52. The minimum absolute atomic E-state index is 0.0165. The number of hydrogen-bond donors (Lipinski definition) is 0. The van der Waals surface area contributed by atoms with Crippen LogP contribution < -0.4 is 4.74 Å². The lowest BCUT2D eigenvalue weighted by atomic mass is 9.81. The number of ether oxygens (including phenoxy) is 1. The standard InChI is InChI=1S/C31H25N3O8/c35-25(18-10-14-24(15-11-18)42-31(39)20-4-2-1-3-5-20)17-32(28(36)19-8-12-23(13-9-19)34(40)41)33-29(37)26-21-6-7-22(16-21)27(26)30(33)38/h1-5,8-15,21-22,26-27H,6-7,16-17H2/t21-,22-,26-,27+/m0/s1. The van der Waals surface area contributed by atoms with Crippen LogP contribution in [0.5, 0.6) is 5.75 Å². The smallest absolute Gasteiger partial charge is 0.343 e. The van der Waals surface area contributed by atoms with Crippen molar-refractivity contribution >= 4 is 35.2 Å². The number of Topliss-reactive ketones (excluding diaryl/α,β-unsaturated/α-hetero) is 1. The highest BCUT2D eigenvalue weighted by Gasteiger charge is 2.62. The van der Waals surface area contributed by atoms with Crippen LogP contribution in [-0.4, -0.2) is 51.0 Å². The van der Waals surface area contributed by atoms with E-state index in [2.05, 4.69) is 0 Å². The molecule has 0 unspecified atom stereocenters. The summed E-state index contributed by atoms with van der Waals surface area (Å²) in [5, 5.41) is 12.8. The summed E-state index contributed by atoms with van der Waals surface area (Å²) in [6, 6.07) is 18.9. The van der Waals surface area contributed by atoms with Gasteiger partial charge in [-0.25, -0.2) is 9.80 Å². The van der Waals surface area contributed by atoms with Crippen LogP contribution in [0.25, 0.3) is 0 Å². The van der Waals surface area contributed by atoms with Crippen LogP contribution in [0, 0.1) is 33.8 Å². The van der Waals surface area contributed by atoms with E-state index in [0.717, 1.165) is 41.4 Å². The van der Waals surface area contributed by atoms with Crippen molar-refractivity contribution in [2.45, 2.75) is 19.3 Å². The summed E-state index contributed by atoms with van der Waals surface area (Å²) in [6.07, 6.45) is 2.49. The number of amides is 3. The number of nitro groups is 1. The van der Waals surface area contributed by atoms with Crippen LogP contribution in [0.15, 0.2) is 78.9 Å². The van der Waals surface area contributed by atoms with Gasteiger partial charge in [0.25, 0.3) is 23.4 Å². The lowest BCUT2D eigenvalue weighted by Gasteiger charge is -2.30. The molecule has 3 fully saturated rings. The number of hydrogen-bond acceptors (Lipinski definition) is 8. The minimum atomic E-state index is -0.805. The number of nitro benzene ring substituents is 1. The summed E-state index contributed by atoms with van der Waals surface area (Å²) in [5.41, 5.74) is 0.269. The third kappa shape index (κ3) is 4.72. The molecule has 1 aliphatic heterocycles. The Morgan fingerprint density at radius 3 is 1.95 bits per heavy atom. The predicted molar refractivity (Wildman–Crippen MR) is 146 cm³/mol. The van der Waals surface area contributed by atoms with Gasteiger partial charge in [-0.15, -0.1) is 0 Å². The maximum atomic E-state index is 13.7. The monoisotopic (exact) mass is 567 g/mol. The van der Waals surface area contributed by atoms with Gasteiger partial charge in [-0.3, -0.25) is 29.3 Å². The second kappa shape index (κ2) is 10.7. The Morgan fingerprint density at radius 2 is 1.38 bits per heavy atom. The van der Waals surface area contributed by atoms with Crippen molar-refractivity contribution in [2.24, 2.45) is 23.7 Å². The molecule has 2 aliphatic carbocycles. The van der Waals surface area contributed by atoms with Gasteiger partial charge in [0.15, 0.2) is 5.78 Å². The molecule has 11 heteroatoms. The topological polar surface area (TPSA) is 144 Å². The number of esters is 1. The van der Waals surface area contributed by atoms with Crippen molar-refractivity contribution in [2.75, 3.05) is 6.54 Å². The molecule has 2 saturated carbocycles. The van der Waals surface area contributed by atoms with Gasteiger partial charge in [-0.2, -0.15) is 5.01 Å². The average Bonchev–Trinajstić information content (AvgIpc) is 3.70. The molecule has 6 rings (SSSR count). The van der Waals surface area contributed by atoms with Gasteiger partial charge >= 0.3 is 5.97 Å². The van der Waals surface area contributed by atoms with Crippen LogP contribution in [0.3, 0.4) is 0 Å². The molecule has 3 aromatic carbocycles. The molecule has 1 saturated heterocycles. The van der Waals surface area contributed by atoms with Crippen LogP contribution >= 0.6 is 0 Å². The minimum Gasteiger partial charge on any atom is -0.423 e. The summed E-state index contributed by atoms with van der Waals surface area (Å²) in [5.74, 6) is -3.62. The Labute approximate surface area is 239 Å². The normalized spacial score (nSPS) is 22.1. The molecular weight excluding hydrogens is 542 g/mol. The van der Waals surface area contributed by atoms with E-state index < -0.39 is 52.8 Å². The largest absolute Gasteiger partial charge is 0.423 e. The molecule has 4 atom stereocenters. The number of carbonyl (C=O) groups excluding carboxylic acids is 5. The van der Waals surface area contributed by atoms with Crippen molar-refractivity contribution in [1.29, 1.82) is 0 Å². The number of carbonyl (C=O) groups is 5. The molecule has 3 aromatic rings. The molecular formula is C31H25N3O8. The van der Waals surface area contributed by atoms with E-state index in [1.54, 1.807) is 30.3 Å². The number of benzene rings is 3. The molecule has 0 radical (unpaired) electrons. The predicted octanol–water partition coefficient (Wildman–Crippen LogP) is 4.09. The zero-order chi connectivity index (χ0) is 29.5. The fourth-order valence-corrected chi connectivity index (χ4v) is 6.42. The van der Waals surface area contributed by atoms with Gasteiger partial charge < -0.3 is 4.74 Å². The molecule has 42 heavy (non-hydrogen) atoms. The zero-order valence-electron chi connectivity index (χ0n) is 22.3. The van der Waals surface area contributed by atoms with Crippen molar-refractivity contribution in [3.63, 3.8) is 0 Å². The quantitative estimate of drug-likeness (QED) is 0.0989. The molecule has 0 aromatic heterocycles. The number of nitrogens with zero attached hydrogens (tertiary/aromatic N) is 3. The number of imide groups is 1. The van der Waals surface area contributed by atoms with E-state index in [1.807, 2.05) is 0 Å². The average molecular weight is 568 g/mol. The van der Waals surface area contributed by atoms with Gasteiger partial charge in [0.05, 0.1) is 22.3 Å². The van der Waals surface area contributed by atoms with Crippen molar-refractivity contribution in [3.05, 3.63) is 106 Å². The maximum Gasteiger partial charge on any atom is 0.343 e. The number of non-ortho nitro benzene ring substituents is 1. The SMILES string of the molecule is O=C(CN(C(=O)c1ccc([N+](=O)[O-])cc1)N1C(=O)[C@@H]2[C@H]3CC[C@@H](C3)[C@@H]2C1=O)c1ccc(OC(=O)c2ccccc2)cc1. The molecule has 2 bridgehead atoms. The summed E-state index contributed by atoms with van der Waals surface area (Å²) < 4.78 is 5.36. The van der Waals surface area contributed by atoms with Crippen molar-refractivity contribution in [3.8, 4) is 5.75 Å². The summed E-state index contributed by atoms with van der Waals surface area (Å²) in [6.45, 7) is -0.620. The highest BCUT2D eigenvalue weighted by atomic mass is 16.6. The number of hydrazine groups is 1. The third-order valence-electron chi connectivity index (χ3n) is 8.39. The Morgan fingerprint density at radius 1 is 0.810 bits per heavy atom. The van der Waals surface area contributed by atoms with Crippen LogP contribution in [-0.2, 0) is 9.59 Å². The maximum absolute atomic E-state index is 13.7. The number of rotatable bonds is 8. The van der Waals surface area contributed by atoms with E-state index in [0.29, 0.717) is 5.56 Å². The van der Waals surface area contributed by atoms with Gasteiger partial charge in [-0.1, -0.05) is 18.2 Å². The van der Waals surface area contributed by atoms with Crippen molar-refractivity contribution < 1.29 is 33.6 Å². The van der Waals surface area contributed by atoms with E-state index in [9.17, 15) is 34.1 Å². The first-order chi connectivity index (χ1) is 20.2. The highest BCUT2D eigenvalue weighted by molar-refractivity contribution is 6.10. The Kier molecular flexibility index (Phi) is 6.85. The number of ketones is 1. The first kappa shape index (κ1) is 27.0. The van der Waals surface area contributed by atoms with E-state index in [1.165, 1.54) is 36.4 Å². The van der Waals surface area contributed by atoms with Gasteiger partial charge in [0, 0.05) is 23.3 Å². The highest BCUT2D eigenvalue weighted by Crippen LogP contribution is 2.56. The van der Waals surface area contributed by atoms with Gasteiger partial charge in [0.2, 0.25) is 0 Å². The second-order valence-electron chi connectivity index (χ2n) is 10.7. The second-order valence-corrected chi connectivity index (χ2v) is 10.7. The fourth-order valence-electron chi connectivity index (χ4n) is 6.42. The van der Waals surface area contributed by atoms with Crippen LogP contribution in [0.1, 0.15) is 50.3 Å². The first-order valence-electron chi connectivity index (χ1n) is 13.6. The molecule has 3 amide bonds. The van der Waals surface area contributed by atoms with Gasteiger partial charge in [-0.05, 0) is 79.6 Å². The Bertz CT molecular complexity index is 1580. The van der Waals surface area contributed by atoms with E-state index in [-0.39, 0.29) is 34.4 Å². The molecule has 1 heterocycles.